The number of nitrogens with one attached hydrogen (secondary N) is 1. The van der Waals surface area contributed by atoms with Crippen LogP contribution in [0.2, 0.25) is 0 Å². The van der Waals surface area contributed by atoms with Crippen molar-refractivity contribution in [1.82, 2.24) is 9.62 Å². The highest BCUT2D eigenvalue weighted by molar-refractivity contribution is 7.89. The number of aliphatic carboxylic acids is 1. The second-order valence-electron chi connectivity index (χ2n) is 6.13. The molecule has 1 amide bonds. The van der Waals surface area contributed by atoms with Crippen molar-refractivity contribution in [3.8, 4) is 0 Å². The van der Waals surface area contributed by atoms with E-state index in [0.29, 0.717) is 25.1 Å². The summed E-state index contributed by atoms with van der Waals surface area (Å²) < 4.78 is 26.4. The Morgan fingerprint density at radius 3 is 2.52 bits per heavy atom. The van der Waals surface area contributed by atoms with Gasteiger partial charge in [0.1, 0.15) is 0 Å². The summed E-state index contributed by atoms with van der Waals surface area (Å²) >= 11 is 0. The molecule has 0 radical (unpaired) electrons. The Hall–Kier alpha value is -2.19. The maximum atomic E-state index is 12.6. The summed E-state index contributed by atoms with van der Waals surface area (Å²) in [6.07, 6.45) is 1.86. The highest BCUT2D eigenvalue weighted by Gasteiger charge is 2.33. The van der Waals surface area contributed by atoms with E-state index in [0.717, 1.165) is 0 Å². The van der Waals surface area contributed by atoms with Crippen LogP contribution in [-0.2, 0) is 14.8 Å². The maximum Gasteiger partial charge on any atom is 0.306 e. The first-order chi connectivity index (χ1) is 11.8. The molecule has 1 heterocycles. The molecule has 2 rings (SSSR count). The first-order valence-electron chi connectivity index (χ1n) is 7.99. The zero-order valence-corrected chi connectivity index (χ0v) is 14.8. The Bertz CT molecular complexity index is 758. The third kappa shape index (κ3) is 4.46. The Labute approximate surface area is 147 Å². The lowest BCUT2D eigenvalue weighted by atomic mass is 9.87. The number of carbonyl (C=O) groups is 2. The minimum absolute atomic E-state index is 0.0730. The smallest absolute Gasteiger partial charge is 0.306 e. The number of piperidine rings is 1. The fourth-order valence-corrected chi connectivity index (χ4v) is 3.91. The fraction of sp³-hybridized carbons (Fsp3) is 0.412. The summed E-state index contributed by atoms with van der Waals surface area (Å²) in [5.41, 5.74) is 0.378. The molecule has 25 heavy (non-hydrogen) atoms. The third-order valence-electron chi connectivity index (χ3n) is 4.34. The highest BCUT2D eigenvalue weighted by Crippen LogP contribution is 2.25. The van der Waals surface area contributed by atoms with Crippen molar-refractivity contribution in [3.05, 3.63) is 42.5 Å². The number of benzene rings is 1. The molecule has 0 aromatic heterocycles. The molecule has 1 saturated heterocycles. The quantitative estimate of drug-likeness (QED) is 0.739. The lowest BCUT2D eigenvalue weighted by molar-refractivity contribution is -0.145. The normalized spacial score (nSPS) is 20.9. The van der Waals surface area contributed by atoms with Crippen LogP contribution >= 0.6 is 0 Å². The molecular weight excluding hydrogens is 344 g/mol. The van der Waals surface area contributed by atoms with Crippen molar-refractivity contribution >= 4 is 21.9 Å². The zero-order chi connectivity index (χ0) is 18.6. The maximum absolute atomic E-state index is 12.6. The minimum Gasteiger partial charge on any atom is -0.481 e. The number of likely N-dealkylation sites (tertiary alicyclic amines) is 1. The van der Waals surface area contributed by atoms with Gasteiger partial charge in [-0.25, -0.2) is 13.1 Å². The Morgan fingerprint density at radius 2 is 2.00 bits per heavy atom. The van der Waals surface area contributed by atoms with E-state index in [9.17, 15) is 18.0 Å². The summed E-state index contributed by atoms with van der Waals surface area (Å²) in [4.78, 5) is 25.4. The second-order valence-corrected chi connectivity index (χ2v) is 7.89. The van der Waals surface area contributed by atoms with Gasteiger partial charge in [-0.3, -0.25) is 9.59 Å². The van der Waals surface area contributed by atoms with Gasteiger partial charge in [-0.1, -0.05) is 13.0 Å². The first kappa shape index (κ1) is 19.1. The SMILES string of the molecule is C=CCNS(=O)(=O)c1ccc(C(=O)N2CCC(C(=O)O)C(C)C2)cc1. The van der Waals surface area contributed by atoms with Crippen molar-refractivity contribution < 1.29 is 23.1 Å². The summed E-state index contributed by atoms with van der Waals surface area (Å²) in [6, 6.07) is 5.70. The van der Waals surface area contributed by atoms with Gasteiger partial charge in [0, 0.05) is 25.2 Å². The monoisotopic (exact) mass is 366 g/mol. The van der Waals surface area contributed by atoms with Crippen LogP contribution in [0.4, 0.5) is 0 Å². The predicted molar refractivity (Wildman–Crippen MR) is 92.6 cm³/mol. The number of carboxylic acids is 1. The van der Waals surface area contributed by atoms with Gasteiger partial charge < -0.3 is 10.0 Å². The van der Waals surface area contributed by atoms with E-state index in [1.54, 1.807) is 4.90 Å². The van der Waals surface area contributed by atoms with Crippen molar-refractivity contribution in [2.45, 2.75) is 18.2 Å². The molecule has 2 atom stereocenters. The summed E-state index contributed by atoms with van der Waals surface area (Å²) in [7, 11) is -3.63. The standard InChI is InChI=1S/C17H22N2O5S/c1-3-9-18-25(23,24)14-6-4-13(5-7-14)16(20)19-10-8-15(17(21)22)12(2)11-19/h3-7,12,15,18H,1,8-11H2,2H3,(H,21,22). The Balaban J connectivity index is 2.08. The molecule has 0 aliphatic carbocycles. The zero-order valence-electron chi connectivity index (χ0n) is 14.0. The fourth-order valence-electron chi connectivity index (χ4n) is 2.91. The van der Waals surface area contributed by atoms with Crippen molar-refractivity contribution in [2.24, 2.45) is 11.8 Å². The van der Waals surface area contributed by atoms with Crippen LogP contribution in [0, 0.1) is 11.8 Å². The average Bonchev–Trinajstić information content (AvgIpc) is 2.59. The third-order valence-corrected chi connectivity index (χ3v) is 5.78. The largest absolute Gasteiger partial charge is 0.481 e. The lowest BCUT2D eigenvalue weighted by Crippen LogP contribution is -2.45. The molecule has 1 aliphatic rings. The number of amides is 1. The molecule has 0 bridgehead atoms. The number of hydrogen-bond acceptors (Lipinski definition) is 4. The number of rotatable bonds is 6. The molecule has 136 valence electrons. The minimum atomic E-state index is -3.63. The van der Waals surface area contributed by atoms with Crippen LogP contribution in [0.5, 0.6) is 0 Å². The van der Waals surface area contributed by atoms with Crippen LogP contribution in [0.15, 0.2) is 41.8 Å². The second kappa shape index (κ2) is 7.79. The van der Waals surface area contributed by atoms with Gasteiger partial charge in [-0.05, 0) is 36.6 Å². The van der Waals surface area contributed by atoms with Crippen LogP contribution in [0.1, 0.15) is 23.7 Å². The van der Waals surface area contributed by atoms with E-state index in [-0.39, 0.29) is 23.3 Å². The van der Waals surface area contributed by atoms with Crippen molar-refractivity contribution in [2.75, 3.05) is 19.6 Å². The number of carbonyl (C=O) groups excluding carboxylic acids is 1. The number of nitrogens with zero attached hydrogens (tertiary/aromatic N) is 1. The molecular formula is C17H22N2O5S. The van der Waals surface area contributed by atoms with E-state index in [1.165, 1.54) is 30.3 Å². The van der Waals surface area contributed by atoms with E-state index in [2.05, 4.69) is 11.3 Å². The summed E-state index contributed by atoms with van der Waals surface area (Å²) in [6.45, 7) is 6.15. The van der Waals surface area contributed by atoms with E-state index in [4.69, 9.17) is 5.11 Å². The molecule has 2 N–H and O–H groups in total. The van der Waals surface area contributed by atoms with Gasteiger partial charge in [0.25, 0.3) is 5.91 Å². The van der Waals surface area contributed by atoms with Crippen LogP contribution < -0.4 is 4.72 Å². The molecule has 0 spiro atoms. The topological polar surface area (TPSA) is 104 Å². The van der Waals surface area contributed by atoms with E-state index < -0.39 is 21.9 Å². The molecule has 8 heteroatoms. The average molecular weight is 366 g/mol. The number of hydrogen-bond donors (Lipinski definition) is 2. The molecule has 1 fully saturated rings. The summed E-state index contributed by atoms with van der Waals surface area (Å²) in [5, 5.41) is 9.15. The molecule has 7 nitrogen and oxygen atoms in total. The lowest BCUT2D eigenvalue weighted by Gasteiger charge is -2.35. The van der Waals surface area contributed by atoms with E-state index in [1.807, 2.05) is 6.92 Å². The van der Waals surface area contributed by atoms with Crippen LogP contribution in [0.3, 0.4) is 0 Å². The summed E-state index contributed by atoms with van der Waals surface area (Å²) in [5.74, 6) is -1.62. The molecule has 1 aliphatic heterocycles. The Kier molecular flexibility index (Phi) is 5.97. The Morgan fingerprint density at radius 1 is 1.36 bits per heavy atom. The van der Waals surface area contributed by atoms with Crippen LogP contribution in [-0.4, -0.2) is 49.9 Å². The van der Waals surface area contributed by atoms with Crippen molar-refractivity contribution in [1.29, 1.82) is 0 Å². The van der Waals surface area contributed by atoms with Gasteiger partial charge in [0.2, 0.25) is 10.0 Å². The highest BCUT2D eigenvalue weighted by atomic mass is 32.2. The van der Waals surface area contributed by atoms with E-state index >= 15 is 0 Å². The van der Waals surface area contributed by atoms with Gasteiger partial charge in [0.05, 0.1) is 10.8 Å². The molecule has 0 saturated carbocycles. The number of sulfonamides is 1. The van der Waals surface area contributed by atoms with Gasteiger partial charge in [-0.2, -0.15) is 0 Å². The predicted octanol–water partition coefficient (Wildman–Crippen LogP) is 1.33. The van der Waals surface area contributed by atoms with Gasteiger partial charge in [0.15, 0.2) is 0 Å². The van der Waals surface area contributed by atoms with Gasteiger partial charge >= 0.3 is 5.97 Å². The number of carboxylic acid groups (broad SMARTS) is 1. The molecule has 1 aromatic rings. The van der Waals surface area contributed by atoms with Crippen molar-refractivity contribution in [3.63, 3.8) is 0 Å². The molecule has 2 unspecified atom stereocenters. The van der Waals surface area contributed by atoms with Crippen LogP contribution in [0.25, 0.3) is 0 Å². The first-order valence-corrected chi connectivity index (χ1v) is 9.47. The molecule has 1 aromatic carbocycles. The van der Waals surface area contributed by atoms with Gasteiger partial charge in [-0.15, -0.1) is 6.58 Å².